The first-order valence-corrected chi connectivity index (χ1v) is 6.55. The first-order valence-electron chi connectivity index (χ1n) is 4.36. The van der Waals surface area contributed by atoms with Crippen LogP contribution in [-0.4, -0.2) is 33.6 Å². The molecule has 1 heterocycles. The van der Waals surface area contributed by atoms with E-state index in [2.05, 4.69) is 20.9 Å². The number of thioether (sulfide) groups is 1. The zero-order valence-electron chi connectivity index (χ0n) is 8.75. The standard InChI is InChI=1S/C9H9BrN2O4S/c1-17-4-5-2-6(10)3-11-7(5)12(8(13)14)9(15)16/h2-3H,4H2,1H3,(H,13,14)(H,15,16). The largest absolute Gasteiger partial charge is 0.464 e. The number of hydrogen-bond acceptors (Lipinski definition) is 4. The van der Waals surface area contributed by atoms with Crippen LogP contribution in [0.15, 0.2) is 16.7 Å². The summed E-state index contributed by atoms with van der Waals surface area (Å²) in [6, 6.07) is 1.65. The fourth-order valence-corrected chi connectivity index (χ4v) is 2.10. The Morgan fingerprint density at radius 1 is 1.47 bits per heavy atom. The molecule has 17 heavy (non-hydrogen) atoms. The number of nitrogens with zero attached hydrogens (tertiary/aromatic N) is 2. The monoisotopic (exact) mass is 320 g/mol. The molecule has 0 bridgehead atoms. The topological polar surface area (TPSA) is 90.7 Å². The van der Waals surface area contributed by atoms with Gasteiger partial charge in [-0.25, -0.2) is 14.6 Å². The van der Waals surface area contributed by atoms with Gasteiger partial charge in [-0.1, -0.05) is 0 Å². The molecule has 0 unspecified atom stereocenters. The Labute approximate surface area is 110 Å². The lowest BCUT2D eigenvalue weighted by molar-refractivity contribution is 0.184. The van der Waals surface area contributed by atoms with E-state index in [0.29, 0.717) is 15.8 Å². The van der Waals surface area contributed by atoms with Crippen molar-refractivity contribution in [3.63, 3.8) is 0 Å². The van der Waals surface area contributed by atoms with E-state index < -0.39 is 12.2 Å². The average Bonchev–Trinajstić information content (AvgIpc) is 2.21. The predicted octanol–water partition coefficient (Wildman–Crippen LogP) is 2.87. The maximum absolute atomic E-state index is 10.9. The molecule has 1 rings (SSSR count). The predicted molar refractivity (Wildman–Crippen MR) is 67.7 cm³/mol. The Bertz CT molecular complexity index is 441. The maximum Gasteiger partial charge on any atom is 0.422 e. The molecule has 6 nitrogen and oxygen atoms in total. The van der Waals surface area contributed by atoms with E-state index >= 15 is 0 Å². The lowest BCUT2D eigenvalue weighted by atomic mass is 10.3. The molecule has 0 aliphatic rings. The number of carbonyl (C=O) groups is 2. The highest BCUT2D eigenvalue weighted by atomic mass is 79.9. The zero-order chi connectivity index (χ0) is 13.0. The molecule has 0 fully saturated rings. The Morgan fingerprint density at radius 3 is 2.53 bits per heavy atom. The van der Waals surface area contributed by atoms with Crippen LogP contribution in [0.25, 0.3) is 0 Å². The summed E-state index contributed by atoms with van der Waals surface area (Å²) >= 11 is 4.65. The SMILES string of the molecule is CSCc1cc(Br)cnc1N(C(=O)O)C(=O)O. The summed E-state index contributed by atoms with van der Waals surface area (Å²) in [5.74, 6) is 0.390. The van der Waals surface area contributed by atoms with Crippen molar-refractivity contribution in [3.8, 4) is 0 Å². The third-order valence-corrected chi connectivity index (χ3v) is 2.84. The van der Waals surface area contributed by atoms with Crippen LogP contribution in [0.1, 0.15) is 5.56 Å². The zero-order valence-corrected chi connectivity index (χ0v) is 11.2. The van der Waals surface area contributed by atoms with Gasteiger partial charge in [-0.05, 0) is 28.3 Å². The molecule has 2 N–H and O–H groups in total. The van der Waals surface area contributed by atoms with Gasteiger partial charge in [0.2, 0.25) is 0 Å². The number of halogens is 1. The van der Waals surface area contributed by atoms with Crippen LogP contribution in [0.4, 0.5) is 15.4 Å². The summed E-state index contributed by atoms with van der Waals surface area (Å²) in [6.45, 7) is 0. The Hall–Kier alpha value is -1.28. The van der Waals surface area contributed by atoms with Crippen molar-refractivity contribution in [3.05, 3.63) is 22.3 Å². The van der Waals surface area contributed by atoms with E-state index in [9.17, 15) is 9.59 Å². The van der Waals surface area contributed by atoms with Crippen molar-refractivity contribution >= 4 is 45.7 Å². The van der Waals surface area contributed by atoms with Gasteiger partial charge in [-0.2, -0.15) is 16.7 Å². The number of rotatable bonds is 3. The fourth-order valence-electron chi connectivity index (χ4n) is 1.20. The molecule has 0 spiro atoms. The van der Waals surface area contributed by atoms with Crippen LogP contribution in [0.2, 0.25) is 0 Å². The molecule has 0 atom stereocenters. The highest BCUT2D eigenvalue weighted by Crippen LogP contribution is 2.25. The van der Waals surface area contributed by atoms with Gasteiger partial charge < -0.3 is 10.2 Å². The van der Waals surface area contributed by atoms with Crippen molar-refractivity contribution in [1.82, 2.24) is 4.98 Å². The number of aromatic nitrogens is 1. The summed E-state index contributed by atoms with van der Waals surface area (Å²) in [5.41, 5.74) is 0.539. The summed E-state index contributed by atoms with van der Waals surface area (Å²) in [4.78, 5) is 25.8. The number of amides is 2. The highest BCUT2D eigenvalue weighted by molar-refractivity contribution is 9.10. The van der Waals surface area contributed by atoms with Crippen LogP contribution < -0.4 is 4.90 Å². The number of anilines is 1. The first-order chi connectivity index (χ1) is 7.97. The fraction of sp³-hybridized carbons (Fsp3) is 0.222. The molecule has 0 aliphatic carbocycles. The highest BCUT2D eigenvalue weighted by Gasteiger charge is 2.26. The second kappa shape index (κ2) is 5.87. The molecule has 0 aliphatic heterocycles. The van der Waals surface area contributed by atoms with Gasteiger partial charge in [0.1, 0.15) is 0 Å². The molecule has 92 valence electrons. The maximum atomic E-state index is 10.9. The number of imide groups is 1. The molecule has 0 aromatic carbocycles. The third kappa shape index (κ3) is 3.34. The van der Waals surface area contributed by atoms with Gasteiger partial charge in [0.05, 0.1) is 0 Å². The van der Waals surface area contributed by atoms with Gasteiger partial charge in [0.15, 0.2) is 5.82 Å². The first kappa shape index (κ1) is 13.8. The van der Waals surface area contributed by atoms with E-state index in [1.54, 1.807) is 6.07 Å². The van der Waals surface area contributed by atoms with Gasteiger partial charge in [-0.3, -0.25) is 0 Å². The Morgan fingerprint density at radius 2 is 2.06 bits per heavy atom. The number of pyridine rings is 1. The van der Waals surface area contributed by atoms with Crippen molar-refractivity contribution in [2.45, 2.75) is 5.75 Å². The van der Waals surface area contributed by atoms with E-state index in [1.165, 1.54) is 18.0 Å². The van der Waals surface area contributed by atoms with Crippen LogP contribution in [0.3, 0.4) is 0 Å². The molecular weight excluding hydrogens is 312 g/mol. The minimum Gasteiger partial charge on any atom is -0.464 e. The minimum atomic E-state index is -1.57. The average molecular weight is 321 g/mol. The summed E-state index contributed by atoms with van der Waals surface area (Å²) in [7, 11) is 0. The van der Waals surface area contributed by atoms with Gasteiger partial charge >= 0.3 is 12.2 Å². The van der Waals surface area contributed by atoms with E-state index in [1.807, 2.05) is 6.26 Å². The second-order valence-corrected chi connectivity index (χ2v) is 4.75. The van der Waals surface area contributed by atoms with Crippen molar-refractivity contribution in [1.29, 1.82) is 0 Å². The molecule has 0 radical (unpaired) electrons. The van der Waals surface area contributed by atoms with Crippen LogP contribution in [0, 0.1) is 0 Å². The minimum absolute atomic E-state index is 0.0810. The van der Waals surface area contributed by atoms with Crippen molar-refractivity contribution < 1.29 is 19.8 Å². The molecule has 0 saturated heterocycles. The molecule has 8 heteroatoms. The molecule has 0 saturated carbocycles. The van der Waals surface area contributed by atoms with Crippen LogP contribution >= 0.6 is 27.7 Å². The van der Waals surface area contributed by atoms with Crippen LogP contribution in [-0.2, 0) is 5.75 Å². The molecule has 1 aromatic heterocycles. The number of hydrogen-bond donors (Lipinski definition) is 2. The Kier molecular flexibility index (Phi) is 4.76. The summed E-state index contributed by atoms with van der Waals surface area (Å²) in [5, 5.41) is 17.7. The van der Waals surface area contributed by atoms with Gasteiger partial charge in [-0.15, -0.1) is 0 Å². The lowest BCUT2D eigenvalue weighted by Gasteiger charge is -2.15. The number of carboxylic acid groups (broad SMARTS) is 2. The van der Waals surface area contributed by atoms with E-state index in [4.69, 9.17) is 10.2 Å². The van der Waals surface area contributed by atoms with Crippen molar-refractivity contribution in [2.75, 3.05) is 11.2 Å². The molecular formula is C9H9BrN2O4S. The lowest BCUT2D eigenvalue weighted by Crippen LogP contribution is -2.35. The smallest absolute Gasteiger partial charge is 0.422 e. The Balaban J connectivity index is 3.26. The molecule has 1 aromatic rings. The van der Waals surface area contributed by atoms with Crippen LogP contribution in [0.5, 0.6) is 0 Å². The molecule has 2 amide bonds. The van der Waals surface area contributed by atoms with E-state index in [-0.39, 0.29) is 10.7 Å². The van der Waals surface area contributed by atoms with Gasteiger partial charge in [0.25, 0.3) is 0 Å². The normalized spacial score (nSPS) is 10.0. The second-order valence-electron chi connectivity index (χ2n) is 2.97. The van der Waals surface area contributed by atoms with Crippen molar-refractivity contribution in [2.24, 2.45) is 0 Å². The van der Waals surface area contributed by atoms with E-state index in [0.717, 1.165) is 0 Å². The third-order valence-electron chi connectivity index (χ3n) is 1.80. The quantitative estimate of drug-likeness (QED) is 0.889. The summed E-state index contributed by atoms with van der Waals surface area (Å²) in [6.07, 6.45) is 0.0403. The summed E-state index contributed by atoms with van der Waals surface area (Å²) < 4.78 is 0.668. The van der Waals surface area contributed by atoms with Gasteiger partial charge in [0, 0.05) is 22.0 Å².